The molecule has 2 N–H and O–H groups in total. The molecule has 0 heterocycles. The highest BCUT2D eigenvalue weighted by molar-refractivity contribution is 4.69. The van der Waals surface area contributed by atoms with E-state index in [9.17, 15) is 0 Å². The average Bonchev–Trinajstić information content (AvgIpc) is 1.80. The molecule has 0 aliphatic rings. The van der Waals surface area contributed by atoms with E-state index in [-0.39, 0.29) is 0 Å². The summed E-state index contributed by atoms with van der Waals surface area (Å²) in [4.78, 5) is 0. The van der Waals surface area contributed by atoms with Gasteiger partial charge in [-0.2, -0.15) is 0 Å². The van der Waals surface area contributed by atoms with Crippen molar-refractivity contribution in [3.63, 3.8) is 0 Å². The van der Waals surface area contributed by atoms with Crippen LogP contribution in [0.5, 0.6) is 0 Å². The Morgan fingerprint density at radius 1 is 1.30 bits per heavy atom. The van der Waals surface area contributed by atoms with Crippen LogP contribution in [0, 0.1) is 11.3 Å². The van der Waals surface area contributed by atoms with Crippen molar-refractivity contribution in [1.82, 2.24) is 0 Å². The first-order valence-electron chi connectivity index (χ1n) is 4.18. The molecule has 0 fully saturated rings. The van der Waals surface area contributed by atoms with E-state index in [1.807, 2.05) is 0 Å². The van der Waals surface area contributed by atoms with Crippen molar-refractivity contribution in [1.29, 1.82) is 0 Å². The summed E-state index contributed by atoms with van der Waals surface area (Å²) in [7, 11) is 0. The maximum absolute atomic E-state index is 5.42. The molecule has 0 aromatic rings. The summed E-state index contributed by atoms with van der Waals surface area (Å²) in [5, 5.41) is 0. The van der Waals surface area contributed by atoms with Gasteiger partial charge in [0.15, 0.2) is 0 Å². The SMILES string of the molecule is C[C@@H](CCCN)C(C)(C)C. The Balaban J connectivity index is 3.52. The van der Waals surface area contributed by atoms with E-state index in [2.05, 4.69) is 27.7 Å². The molecule has 0 bridgehead atoms. The number of rotatable bonds is 3. The topological polar surface area (TPSA) is 26.0 Å². The first-order valence-corrected chi connectivity index (χ1v) is 4.18. The van der Waals surface area contributed by atoms with E-state index < -0.39 is 0 Å². The van der Waals surface area contributed by atoms with Crippen molar-refractivity contribution >= 4 is 0 Å². The van der Waals surface area contributed by atoms with Crippen LogP contribution in [-0.4, -0.2) is 6.54 Å². The molecule has 0 aromatic heterocycles. The van der Waals surface area contributed by atoms with E-state index in [1.54, 1.807) is 0 Å². The number of hydrogen-bond donors (Lipinski definition) is 1. The fraction of sp³-hybridized carbons (Fsp3) is 1.00. The van der Waals surface area contributed by atoms with Gasteiger partial charge in [-0.05, 0) is 30.7 Å². The maximum atomic E-state index is 5.42. The molecule has 0 aromatic carbocycles. The van der Waals surface area contributed by atoms with Crippen LogP contribution in [0.25, 0.3) is 0 Å². The highest BCUT2D eigenvalue weighted by atomic mass is 14.5. The zero-order valence-electron chi connectivity index (χ0n) is 7.78. The second kappa shape index (κ2) is 3.97. The fourth-order valence-corrected chi connectivity index (χ4v) is 0.857. The molecular weight excluding hydrogens is 122 g/mol. The molecule has 1 heteroatoms. The van der Waals surface area contributed by atoms with E-state index >= 15 is 0 Å². The smallest absolute Gasteiger partial charge is 0.00772 e. The Kier molecular flexibility index (Phi) is 3.95. The third-order valence-electron chi connectivity index (χ3n) is 2.32. The minimum Gasteiger partial charge on any atom is -0.330 e. The van der Waals surface area contributed by atoms with E-state index in [1.165, 1.54) is 12.8 Å². The van der Waals surface area contributed by atoms with Crippen molar-refractivity contribution in [3.05, 3.63) is 0 Å². The summed E-state index contributed by atoms with van der Waals surface area (Å²) in [6.45, 7) is 9.99. The van der Waals surface area contributed by atoms with Crippen molar-refractivity contribution < 1.29 is 0 Å². The van der Waals surface area contributed by atoms with Gasteiger partial charge in [0.25, 0.3) is 0 Å². The van der Waals surface area contributed by atoms with Gasteiger partial charge in [0.2, 0.25) is 0 Å². The Bertz CT molecular complexity index is 81.2. The third kappa shape index (κ3) is 3.89. The van der Waals surface area contributed by atoms with Gasteiger partial charge in [-0.3, -0.25) is 0 Å². The Labute approximate surface area is 65.0 Å². The second-order valence-corrected chi connectivity index (χ2v) is 4.20. The first-order chi connectivity index (χ1) is 4.48. The average molecular weight is 143 g/mol. The van der Waals surface area contributed by atoms with Crippen LogP contribution in [0.1, 0.15) is 40.5 Å². The number of nitrogens with two attached hydrogens (primary N) is 1. The number of hydrogen-bond acceptors (Lipinski definition) is 1. The zero-order chi connectivity index (χ0) is 8.20. The van der Waals surface area contributed by atoms with Gasteiger partial charge >= 0.3 is 0 Å². The fourth-order valence-electron chi connectivity index (χ4n) is 0.857. The van der Waals surface area contributed by atoms with Crippen molar-refractivity contribution in [2.24, 2.45) is 17.1 Å². The van der Waals surface area contributed by atoms with E-state index in [0.29, 0.717) is 5.41 Å². The molecule has 0 radical (unpaired) electrons. The van der Waals surface area contributed by atoms with Gasteiger partial charge in [-0.1, -0.05) is 27.7 Å². The molecule has 0 aliphatic carbocycles. The lowest BCUT2D eigenvalue weighted by atomic mass is 9.79. The summed E-state index contributed by atoms with van der Waals surface area (Å²) in [6, 6.07) is 0. The van der Waals surface area contributed by atoms with Crippen LogP contribution in [-0.2, 0) is 0 Å². The monoisotopic (exact) mass is 143 g/mol. The van der Waals surface area contributed by atoms with E-state index in [0.717, 1.165) is 12.5 Å². The molecule has 0 saturated carbocycles. The van der Waals surface area contributed by atoms with Crippen molar-refractivity contribution in [2.75, 3.05) is 6.54 Å². The van der Waals surface area contributed by atoms with Crippen LogP contribution in [0.15, 0.2) is 0 Å². The molecule has 0 aliphatic heterocycles. The molecular formula is C9H21N. The van der Waals surface area contributed by atoms with Crippen molar-refractivity contribution in [2.45, 2.75) is 40.5 Å². The van der Waals surface area contributed by atoms with Gasteiger partial charge in [0.1, 0.15) is 0 Å². The predicted octanol–water partition coefficient (Wildman–Crippen LogP) is 2.41. The highest BCUT2D eigenvalue weighted by Crippen LogP contribution is 2.28. The van der Waals surface area contributed by atoms with E-state index in [4.69, 9.17) is 5.73 Å². The molecule has 0 rings (SSSR count). The van der Waals surface area contributed by atoms with Gasteiger partial charge in [-0.25, -0.2) is 0 Å². The second-order valence-electron chi connectivity index (χ2n) is 4.20. The minimum atomic E-state index is 0.454. The van der Waals surface area contributed by atoms with Crippen LogP contribution in [0.2, 0.25) is 0 Å². The summed E-state index contributed by atoms with van der Waals surface area (Å²) in [6.07, 6.45) is 2.43. The normalized spacial score (nSPS) is 15.3. The Morgan fingerprint density at radius 3 is 2.10 bits per heavy atom. The summed E-state index contributed by atoms with van der Waals surface area (Å²) in [5.74, 6) is 0.788. The molecule has 0 amide bonds. The summed E-state index contributed by atoms with van der Waals surface area (Å²) < 4.78 is 0. The van der Waals surface area contributed by atoms with Gasteiger partial charge < -0.3 is 5.73 Å². The lowest BCUT2D eigenvalue weighted by Gasteiger charge is -2.26. The van der Waals surface area contributed by atoms with Gasteiger partial charge in [0.05, 0.1) is 0 Å². The molecule has 0 unspecified atom stereocenters. The van der Waals surface area contributed by atoms with Gasteiger partial charge in [-0.15, -0.1) is 0 Å². The molecule has 62 valence electrons. The third-order valence-corrected chi connectivity index (χ3v) is 2.32. The molecule has 0 spiro atoms. The van der Waals surface area contributed by atoms with Crippen LogP contribution >= 0.6 is 0 Å². The molecule has 10 heavy (non-hydrogen) atoms. The Morgan fingerprint density at radius 2 is 1.80 bits per heavy atom. The lowest BCUT2D eigenvalue weighted by molar-refractivity contribution is 0.244. The minimum absolute atomic E-state index is 0.454. The summed E-state index contributed by atoms with van der Waals surface area (Å²) >= 11 is 0. The van der Waals surface area contributed by atoms with Crippen molar-refractivity contribution in [3.8, 4) is 0 Å². The first kappa shape index (κ1) is 9.96. The predicted molar refractivity (Wildman–Crippen MR) is 46.9 cm³/mol. The zero-order valence-corrected chi connectivity index (χ0v) is 7.78. The van der Waals surface area contributed by atoms with Crippen LogP contribution in [0.3, 0.4) is 0 Å². The Hall–Kier alpha value is -0.0400. The van der Waals surface area contributed by atoms with Crippen LogP contribution in [0.4, 0.5) is 0 Å². The quantitative estimate of drug-likeness (QED) is 0.645. The standard InChI is InChI=1S/C9H21N/c1-8(6-5-7-10)9(2,3)4/h8H,5-7,10H2,1-4H3/t8-/m0/s1. The maximum Gasteiger partial charge on any atom is -0.00772 e. The lowest BCUT2D eigenvalue weighted by Crippen LogP contribution is -2.18. The van der Waals surface area contributed by atoms with Crippen LogP contribution < -0.4 is 5.73 Å². The molecule has 1 nitrogen and oxygen atoms in total. The highest BCUT2D eigenvalue weighted by Gasteiger charge is 2.18. The molecule has 1 atom stereocenters. The summed E-state index contributed by atoms with van der Waals surface area (Å²) in [5.41, 5.74) is 5.87. The molecule has 0 saturated heterocycles. The largest absolute Gasteiger partial charge is 0.330 e. The van der Waals surface area contributed by atoms with Gasteiger partial charge in [0, 0.05) is 0 Å².